The number of carbonyl (C=O) groups excluding carboxylic acids is 1. The van der Waals surface area contributed by atoms with E-state index in [1.54, 1.807) is 19.1 Å². The number of nitrogens with one attached hydrogen (secondary N) is 2. The second kappa shape index (κ2) is 4.85. The lowest BCUT2D eigenvalue weighted by Crippen LogP contribution is -2.11. The molecule has 1 aromatic carbocycles. The predicted molar refractivity (Wildman–Crippen MR) is 71.8 cm³/mol. The lowest BCUT2D eigenvalue weighted by Gasteiger charge is -2.03. The maximum atomic E-state index is 11.9. The Balaban J connectivity index is 2.20. The van der Waals surface area contributed by atoms with Crippen LogP contribution in [0.3, 0.4) is 0 Å². The molecule has 1 aromatic heterocycles. The fourth-order valence-electron chi connectivity index (χ4n) is 1.34. The molecule has 0 unspecified atom stereocenters. The van der Waals surface area contributed by atoms with E-state index in [0.29, 0.717) is 16.3 Å². The summed E-state index contributed by atoms with van der Waals surface area (Å²) in [5.41, 5.74) is 1.29. The number of benzene rings is 1. The molecule has 4 nitrogen and oxygen atoms in total. The van der Waals surface area contributed by atoms with Crippen molar-refractivity contribution in [2.45, 2.75) is 6.92 Å². The molecule has 0 spiro atoms. The number of hydrogen-bond donors (Lipinski definition) is 2. The number of carbonyl (C=O) groups is 1. The first-order valence-electron chi connectivity index (χ1n) is 4.83. The second-order valence-electron chi connectivity index (χ2n) is 3.43. The summed E-state index contributed by atoms with van der Waals surface area (Å²) in [6, 6.07) is 7.24. The Morgan fingerprint density at radius 3 is 2.53 bits per heavy atom. The van der Waals surface area contributed by atoms with Gasteiger partial charge in [0.05, 0.1) is 0 Å². The van der Waals surface area contributed by atoms with Crippen molar-refractivity contribution in [2.24, 2.45) is 0 Å². The van der Waals surface area contributed by atoms with Crippen LogP contribution in [0, 0.1) is 6.92 Å². The second-order valence-corrected chi connectivity index (χ2v) is 5.33. The van der Waals surface area contributed by atoms with Crippen LogP contribution in [0.5, 0.6) is 0 Å². The van der Waals surface area contributed by atoms with Gasteiger partial charge in [0.15, 0.2) is 0 Å². The highest BCUT2D eigenvalue weighted by molar-refractivity contribution is 9.10. The van der Waals surface area contributed by atoms with Gasteiger partial charge in [0, 0.05) is 15.9 Å². The molecule has 0 saturated heterocycles. The molecule has 2 N–H and O–H groups in total. The van der Waals surface area contributed by atoms with Crippen molar-refractivity contribution in [3.05, 3.63) is 49.0 Å². The van der Waals surface area contributed by atoms with Crippen LogP contribution in [0.4, 0.5) is 5.69 Å². The van der Waals surface area contributed by atoms with Crippen LogP contribution < -0.4 is 10.2 Å². The van der Waals surface area contributed by atoms with Crippen molar-refractivity contribution in [3.8, 4) is 0 Å². The van der Waals surface area contributed by atoms with Crippen molar-refractivity contribution in [3.63, 3.8) is 0 Å². The Bertz CT molecular complexity index is 601. The third-order valence-corrected chi connectivity index (χ3v) is 3.65. The van der Waals surface area contributed by atoms with Crippen LogP contribution in [-0.2, 0) is 0 Å². The van der Waals surface area contributed by atoms with Gasteiger partial charge < -0.3 is 10.3 Å². The van der Waals surface area contributed by atoms with E-state index in [1.807, 2.05) is 12.1 Å². The third-order valence-electron chi connectivity index (χ3n) is 2.13. The molecule has 88 valence electrons. The van der Waals surface area contributed by atoms with Gasteiger partial charge in [-0.25, -0.2) is 0 Å². The number of aromatic amines is 1. The maximum Gasteiger partial charge on any atom is 0.305 e. The van der Waals surface area contributed by atoms with Crippen LogP contribution in [0.2, 0.25) is 0 Å². The minimum absolute atomic E-state index is 0.219. The van der Waals surface area contributed by atoms with Crippen molar-refractivity contribution in [1.29, 1.82) is 0 Å². The van der Waals surface area contributed by atoms with E-state index in [2.05, 4.69) is 26.2 Å². The first-order valence-corrected chi connectivity index (χ1v) is 6.44. The highest BCUT2D eigenvalue weighted by Crippen LogP contribution is 2.16. The average molecular weight is 313 g/mol. The third kappa shape index (κ3) is 2.83. The summed E-state index contributed by atoms with van der Waals surface area (Å²) in [7, 11) is 0. The summed E-state index contributed by atoms with van der Waals surface area (Å²) in [4.78, 5) is 25.7. The predicted octanol–water partition coefficient (Wildman–Crippen LogP) is 2.76. The summed E-state index contributed by atoms with van der Waals surface area (Å²) >= 11 is 4.23. The molecular weight excluding hydrogens is 304 g/mol. The topological polar surface area (TPSA) is 62.0 Å². The average Bonchev–Trinajstić information content (AvgIpc) is 2.61. The first kappa shape index (κ1) is 12.1. The highest BCUT2D eigenvalue weighted by Gasteiger charge is 2.13. The van der Waals surface area contributed by atoms with Crippen LogP contribution in [0.25, 0.3) is 0 Å². The van der Waals surface area contributed by atoms with E-state index in [1.165, 1.54) is 0 Å². The molecule has 0 radical (unpaired) electrons. The van der Waals surface area contributed by atoms with Gasteiger partial charge in [0.1, 0.15) is 4.88 Å². The van der Waals surface area contributed by atoms with Crippen molar-refractivity contribution in [2.75, 3.05) is 5.32 Å². The Morgan fingerprint density at radius 2 is 2.00 bits per heavy atom. The number of anilines is 1. The maximum absolute atomic E-state index is 11.9. The van der Waals surface area contributed by atoms with Gasteiger partial charge in [-0.15, -0.1) is 0 Å². The summed E-state index contributed by atoms with van der Waals surface area (Å²) in [5, 5.41) is 2.73. The molecule has 0 atom stereocenters. The Kier molecular flexibility index (Phi) is 3.44. The number of amides is 1. The number of thiazole rings is 1. The Labute approximate surface area is 110 Å². The zero-order chi connectivity index (χ0) is 12.4. The molecule has 1 heterocycles. The summed E-state index contributed by atoms with van der Waals surface area (Å²) in [5.74, 6) is -0.270. The summed E-state index contributed by atoms with van der Waals surface area (Å²) < 4.78 is 0.943. The van der Waals surface area contributed by atoms with Gasteiger partial charge in [0.2, 0.25) is 0 Å². The molecule has 0 aliphatic carbocycles. The molecule has 0 fully saturated rings. The van der Waals surface area contributed by atoms with E-state index in [0.717, 1.165) is 15.8 Å². The van der Waals surface area contributed by atoms with Gasteiger partial charge >= 0.3 is 4.87 Å². The minimum Gasteiger partial charge on any atom is -0.321 e. The molecule has 0 bridgehead atoms. The quantitative estimate of drug-likeness (QED) is 0.895. The molecule has 2 aromatic rings. The van der Waals surface area contributed by atoms with Crippen LogP contribution in [-0.4, -0.2) is 10.9 Å². The summed E-state index contributed by atoms with van der Waals surface area (Å²) in [6.07, 6.45) is 0. The van der Waals surface area contributed by atoms with Crippen molar-refractivity contribution < 1.29 is 4.79 Å². The van der Waals surface area contributed by atoms with Crippen molar-refractivity contribution >= 4 is 38.9 Å². The smallest absolute Gasteiger partial charge is 0.305 e. The number of aryl methyl sites for hydroxylation is 1. The first-order chi connectivity index (χ1) is 8.06. The SMILES string of the molecule is Cc1[nH]c(=O)sc1C(=O)Nc1ccc(Br)cc1. The number of H-pyrrole nitrogens is 1. The number of rotatable bonds is 2. The standard InChI is InChI=1S/C11H9BrN2O2S/c1-6-9(17-11(16)13-6)10(15)14-8-4-2-7(12)3-5-8/h2-5H,1H3,(H,13,16)(H,14,15). The fourth-order valence-corrected chi connectivity index (χ4v) is 2.34. The van der Waals surface area contributed by atoms with Gasteiger partial charge in [-0.3, -0.25) is 9.59 Å². The van der Waals surface area contributed by atoms with Crippen LogP contribution >= 0.6 is 27.3 Å². The largest absolute Gasteiger partial charge is 0.321 e. The van der Waals surface area contributed by atoms with Crippen molar-refractivity contribution in [1.82, 2.24) is 4.98 Å². The highest BCUT2D eigenvalue weighted by atomic mass is 79.9. The molecule has 2 rings (SSSR count). The van der Waals surface area contributed by atoms with E-state index in [-0.39, 0.29) is 10.8 Å². The van der Waals surface area contributed by atoms with E-state index < -0.39 is 0 Å². The molecule has 17 heavy (non-hydrogen) atoms. The lowest BCUT2D eigenvalue weighted by molar-refractivity contribution is 0.103. The molecule has 0 aliphatic rings. The molecule has 1 amide bonds. The van der Waals surface area contributed by atoms with E-state index in [9.17, 15) is 9.59 Å². The van der Waals surface area contributed by atoms with Gasteiger partial charge in [-0.1, -0.05) is 27.3 Å². The fraction of sp³-hybridized carbons (Fsp3) is 0.0909. The number of aromatic nitrogens is 1. The lowest BCUT2D eigenvalue weighted by atomic mass is 10.3. The Morgan fingerprint density at radius 1 is 1.35 bits per heavy atom. The zero-order valence-corrected chi connectivity index (χ0v) is 11.3. The molecular formula is C11H9BrN2O2S. The molecule has 0 aliphatic heterocycles. The van der Waals surface area contributed by atoms with Gasteiger partial charge in [-0.2, -0.15) is 0 Å². The number of hydrogen-bond acceptors (Lipinski definition) is 3. The zero-order valence-electron chi connectivity index (χ0n) is 8.91. The van der Waals surface area contributed by atoms with Crippen LogP contribution in [0.15, 0.2) is 33.5 Å². The van der Waals surface area contributed by atoms with Gasteiger partial charge in [0.25, 0.3) is 5.91 Å². The molecule has 6 heteroatoms. The monoisotopic (exact) mass is 312 g/mol. The van der Waals surface area contributed by atoms with E-state index >= 15 is 0 Å². The van der Waals surface area contributed by atoms with Crippen LogP contribution in [0.1, 0.15) is 15.4 Å². The van der Waals surface area contributed by atoms with Gasteiger partial charge in [-0.05, 0) is 31.2 Å². The normalized spacial score (nSPS) is 10.2. The minimum atomic E-state index is -0.270. The Hall–Kier alpha value is -1.40. The summed E-state index contributed by atoms with van der Waals surface area (Å²) in [6.45, 7) is 1.70. The van der Waals surface area contributed by atoms with E-state index in [4.69, 9.17) is 0 Å². The number of halogens is 1. The molecule has 0 saturated carbocycles.